The topological polar surface area (TPSA) is 74.7 Å². The lowest BCUT2D eigenvalue weighted by atomic mass is 10.2. The Hall–Kier alpha value is -1.48. The van der Waals surface area contributed by atoms with Crippen molar-refractivity contribution in [2.75, 3.05) is 12.3 Å². The van der Waals surface area contributed by atoms with Gasteiger partial charge in [0.2, 0.25) is 0 Å². The van der Waals surface area contributed by atoms with Crippen molar-refractivity contribution in [3.05, 3.63) is 53.0 Å². The van der Waals surface area contributed by atoms with Crippen LogP contribution in [0.1, 0.15) is 5.56 Å². The second-order valence-electron chi connectivity index (χ2n) is 4.41. The number of amides is 1. The van der Waals surface area contributed by atoms with Crippen molar-refractivity contribution in [2.45, 2.75) is 0 Å². The summed E-state index contributed by atoms with van der Waals surface area (Å²) in [5.41, 5.74) is 1.00. The smallest absolute Gasteiger partial charge is 0.266 e. The molecule has 0 unspecified atom stereocenters. The van der Waals surface area contributed by atoms with Gasteiger partial charge in [-0.3, -0.25) is 14.2 Å². The zero-order chi connectivity index (χ0) is 16.2. The minimum atomic E-state index is -4.13. The monoisotopic (exact) mass is 355 g/mol. The largest absolute Gasteiger partial charge is 0.292 e. The molecule has 22 heavy (non-hydrogen) atoms. The molecule has 1 amide bonds. The van der Waals surface area contributed by atoms with Gasteiger partial charge in [-0.1, -0.05) is 66.5 Å². The van der Waals surface area contributed by atoms with Gasteiger partial charge >= 0.3 is 0 Å². The average molecular weight is 355 g/mol. The number of rotatable bonds is 5. The van der Waals surface area contributed by atoms with Crippen LogP contribution in [0.5, 0.6) is 0 Å². The lowest BCUT2D eigenvalue weighted by Gasteiger charge is -2.12. The standard InChI is InChI=1S/C14H13NO4S3/c16-13-12(8-4-7-11-5-2-1-3-6-11)21-14(20)15(13)9-10-22(17,18)19/h1-8H,9-10H2,(H,17,18,19)/b7-4-,12-8+. The first-order chi connectivity index (χ1) is 10.4. The van der Waals surface area contributed by atoms with E-state index >= 15 is 0 Å². The molecule has 0 aromatic heterocycles. The first-order valence-electron chi connectivity index (χ1n) is 6.29. The molecular weight excluding hydrogens is 342 g/mol. The summed E-state index contributed by atoms with van der Waals surface area (Å²) in [7, 11) is -4.13. The molecule has 1 saturated heterocycles. The van der Waals surface area contributed by atoms with E-state index in [0.29, 0.717) is 4.91 Å². The van der Waals surface area contributed by atoms with Crippen molar-refractivity contribution in [1.29, 1.82) is 0 Å². The van der Waals surface area contributed by atoms with E-state index in [4.69, 9.17) is 16.8 Å². The van der Waals surface area contributed by atoms with E-state index in [9.17, 15) is 13.2 Å². The van der Waals surface area contributed by atoms with Crippen molar-refractivity contribution in [3.8, 4) is 0 Å². The minimum absolute atomic E-state index is 0.150. The Labute approximate surface area is 138 Å². The fraction of sp³-hybridized carbons (Fsp3) is 0.143. The predicted molar refractivity (Wildman–Crippen MR) is 91.9 cm³/mol. The van der Waals surface area contributed by atoms with Crippen LogP contribution in [0.25, 0.3) is 6.08 Å². The molecule has 116 valence electrons. The van der Waals surface area contributed by atoms with Crippen molar-refractivity contribution in [2.24, 2.45) is 0 Å². The molecule has 0 aliphatic carbocycles. The molecule has 1 aromatic carbocycles. The van der Waals surface area contributed by atoms with Gasteiger partial charge in [0, 0.05) is 6.54 Å². The second-order valence-corrected chi connectivity index (χ2v) is 7.66. The van der Waals surface area contributed by atoms with E-state index in [1.165, 1.54) is 4.90 Å². The van der Waals surface area contributed by atoms with E-state index < -0.39 is 15.9 Å². The molecule has 0 radical (unpaired) electrons. The highest BCUT2D eigenvalue weighted by molar-refractivity contribution is 8.26. The van der Waals surface area contributed by atoms with Crippen LogP contribution in [-0.2, 0) is 14.9 Å². The zero-order valence-corrected chi connectivity index (χ0v) is 13.8. The second kappa shape index (κ2) is 7.19. The molecule has 1 fully saturated rings. The number of nitrogens with zero attached hydrogens (tertiary/aromatic N) is 1. The summed E-state index contributed by atoms with van der Waals surface area (Å²) < 4.78 is 30.5. The van der Waals surface area contributed by atoms with Gasteiger partial charge in [0.05, 0.1) is 10.7 Å². The number of hydrogen-bond donors (Lipinski definition) is 1. The Morgan fingerprint density at radius 1 is 1.27 bits per heavy atom. The molecule has 0 atom stereocenters. The van der Waals surface area contributed by atoms with Crippen LogP contribution in [0.4, 0.5) is 0 Å². The molecule has 1 N–H and O–H groups in total. The van der Waals surface area contributed by atoms with Crippen LogP contribution in [-0.4, -0.2) is 40.4 Å². The molecule has 1 aliphatic heterocycles. The number of thioether (sulfide) groups is 1. The highest BCUT2D eigenvalue weighted by Gasteiger charge is 2.32. The lowest BCUT2D eigenvalue weighted by molar-refractivity contribution is -0.122. The Morgan fingerprint density at radius 2 is 1.95 bits per heavy atom. The van der Waals surface area contributed by atoms with Gasteiger partial charge in [0.1, 0.15) is 4.32 Å². The molecule has 0 bridgehead atoms. The maximum absolute atomic E-state index is 12.1. The first kappa shape index (κ1) is 16.9. The fourth-order valence-electron chi connectivity index (χ4n) is 1.72. The molecule has 2 rings (SSSR count). The third-order valence-electron chi connectivity index (χ3n) is 2.78. The molecule has 8 heteroatoms. The fourth-order valence-corrected chi connectivity index (χ4v) is 3.40. The highest BCUT2D eigenvalue weighted by atomic mass is 32.2. The number of carbonyl (C=O) groups is 1. The number of hydrogen-bond acceptors (Lipinski definition) is 5. The Balaban J connectivity index is 2.04. The van der Waals surface area contributed by atoms with Gasteiger partial charge in [-0.15, -0.1) is 0 Å². The summed E-state index contributed by atoms with van der Waals surface area (Å²) in [5.74, 6) is -0.886. The Bertz CT molecular complexity index is 739. The molecule has 1 aromatic rings. The molecule has 5 nitrogen and oxygen atoms in total. The lowest BCUT2D eigenvalue weighted by Crippen LogP contribution is -2.32. The maximum atomic E-state index is 12.1. The highest BCUT2D eigenvalue weighted by Crippen LogP contribution is 2.30. The Morgan fingerprint density at radius 3 is 2.59 bits per heavy atom. The molecule has 0 saturated carbocycles. The van der Waals surface area contributed by atoms with Gasteiger partial charge in [0.25, 0.3) is 16.0 Å². The SMILES string of the molecule is O=C1/C(=C\C=C/c2ccccc2)SC(=S)N1CCS(=O)(=O)O. The van der Waals surface area contributed by atoms with Crippen molar-refractivity contribution >= 4 is 50.4 Å². The summed E-state index contributed by atoms with van der Waals surface area (Å²) >= 11 is 6.16. The summed E-state index contributed by atoms with van der Waals surface area (Å²) in [6, 6.07) is 9.60. The van der Waals surface area contributed by atoms with Crippen molar-refractivity contribution in [3.63, 3.8) is 0 Å². The van der Waals surface area contributed by atoms with E-state index in [-0.39, 0.29) is 16.8 Å². The van der Waals surface area contributed by atoms with Gasteiger partial charge in [-0.25, -0.2) is 0 Å². The van der Waals surface area contributed by atoms with Gasteiger partial charge in [-0.2, -0.15) is 8.42 Å². The van der Waals surface area contributed by atoms with E-state index in [0.717, 1.165) is 17.3 Å². The zero-order valence-electron chi connectivity index (χ0n) is 11.4. The van der Waals surface area contributed by atoms with Gasteiger partial charge in [0.15, 0.2) is 0 Å². The minimum Gasteiger partial charge on any atom is -0.292 e. The summed E-state index contributed by atoms with van der Waals surface area (Å²) in [6.07, 6.45) is 5.23. The summed E-state index contributed by atoms with van der Waals surface area (Å²) in [5, 5.41) is 0. The van der Waals surface area contributed by atoms with E-state index in [1.54, 1.807) is 12.2 Å². The average Bonchev–Trinajstić information content (AvgIpc) is 2.72. The third-order valence-corrected chi connectivity index (χ3v) is 4.88. The van der Waals surface area contributed by atoms with Gasteiger partial charge in [-0.05, 0) is 11.6 Å². The molecule has 0 spiro atoms. The third kappa shape index (κ3) is 4.77. The number of thiocarbonyl (C=S) groups is 1. The first-order valence-corrected chi connectivity index (χ1v) is 9.12. The Kier molecular flexibility index (Phi) is 5.52. The molecular formula is C14H13NO4S3. The normalized spacial score (nSPS) is 17.9. The van der Waals surface area contributed by atoms with Crippen LogP contribution in [0, 0.1) is 0 Å². The maximum Gasteiger partial charge on any atom is 0.266 e. The van der Waals surface area contributed by atoms with Crippen LogP contribution >= 0.6 is 24.0 Å². The molecule has 1 aliphatic rings. The van der Waals surface area contributed by atoms with E-state index in [2.05, 4.69) is 0 Å². The van der Waals surface area contributed by atoms with Crippen LogP contribution in [0.15, 0.2) is 47.4 Å². The molecule has 1 heterocycles. The van der Waals surface area contributed by atoms with Crippen molar-refractivity contribution < 1.29 is 17.8 Å². The number of allylic oxidation sites excluding steroid dienone is 2. The predicted octanol–water partition coefficient (Wildman–Crippen LogP) is 2.33. The number of carbonyl (C=O) groups excluding carboxylic acids is 1. The van der Waals surface area contributed by atoms with Crippen molar-refractivity contribution in [1.82, 2.24) is 4.90 Å². The van der Waals surface area contributed by atoms with Gasteiger partial charge < -0.3 is 0 Å². The van der Waals surface area contributed by atoms with E-state index in [1.807, 2.05) is 36.4 Å². The summed E-state index contributed by atoms with van der Waals surface area (Å²) in [4.78, 5) is 13.7. The van der Waals surface area contributed by atoms with Crippen LogP contribution in [0.2, 0.25) is 0 Å². The summed E-state index contributed by atoms with van der Waals surface area (Å²) in [6.45, 7) is -0.150. The van der Waals surface area contributed by atoms with Crippen LogP contribution in [0.3, 0.4) is 0 Å². The quantitative estimate of drug-likeness (QED) is 0.496. The van der Waals surface area contributed by atoms with Crippen LogP contribution < -0.4 is 0 Å². The number of benzene rings is 1.